The average Bonchev–Trinajstić information content (AvgIpc) is 3.08. The summed E-state index contributed by atoms with van der Waals surface area (Å²) < 4.78 is 30.4. The Kier molecular flexibility index (Phi) is 5.01. The largest absolute Gasteiger partial charge is 0.311 e. The third kappa shape index (κ3) is 3.84. The number of nitrogens with one attached hydrogen (secondary N) is 1. The van der Waals surface area contributed by atoms with Gasteiger partial charge in [0.1, 0.15) is 6.33 Å². The van der Waals surface area contributed by atoms with E-state index in [0.29, 0.717) is 20.8 Å². The summed E-state index contributed by atoms with van der Waals surface area (Å²) >= 11 is 7.40. The van der Waals surface area contributed by atoms with E-state index in [4.69, 9.17) is 11.6 Å². The lowest BCUT2D eigenvalue weighted by Crippen LogP contribution is -2.13. The lowest BCUT2D eigenvalue weighted by molar-refractivity contribution is 0.601. The molecule has 0 bridgehead atoms. The highest BCUT2D eigenvalue weighted by Gasteiger charge is 2.18. The quantitative estimate of drug-likeness (QED) is 0.501. The predicted octanol–water partition coefficient (Wildman–Crippen LogP) is 4.57. The van der Waals surface area contributed by atoms with Gasteiger partial charge in [-0.1, -0.05) is 41.9 Å². The number of sulfonamides is 1. The maximum absolute atomic E-state index is 13.0. The highest BCUT2D eigenvalue weighted by Crippen LogP contribution is 2.35. The Bertz CT molecular complexity index is 1270. The van der Waals surface area contributed by atoms with Gasteiger partial charge in [0.05, 0.1) is 10.6 Å². The van der Waals surface area contributed by atoms with E-state index in [-0.39, 0.29) is 4.90 Å². The smallest absolute Gasteiger partial charge is 0.261 e. The van der Waals surface area contributed by atoms with Crippen LogP contribution < -0.4 is 4.72 Å². The molecule has 0 aliphatic heterocycles. The number of aromatic nitrogens is 3. The van der Waals surface area contributed by atoms with Crippen LogP contribution in [-0.2, 0) is 17.1 Å². The van der Waals surface area contributed by atoms with Gasteiger partial charge in [0, 0.05) is 17.0 Å². The molecular weight excluding hydrogens is 416 g/mol. The van der Waals surface area contributed by atoms with Crippen molar-refractivity contribution >= 4 is 49.8 Å². The zero-order chi connectivity index (χ0) is 19.7. The van der Waals surface area contributed by atoms with Crippen molar-refractivity contribution in [2.45, 2.75) is 14.9 Å². The van der Waals surface area contributed by atoms with Crippen LogP contribution >= 0.6 is 23.4 Å². The molecule has 28 heavy (non-hydrogen) atoms. The van der Waals surface area contributed by atoms with Gasteiger partial charge in [-0.15, -0.1) is 10.2 Å². The molecule has 0 fully saturated rings. The molecule has 0 amide bonds. The van der Waals surface area contributed by atoms with Gasteiger partial charge in [-0.3, -0.25) is 4.72 Å². The number of hydrogen-bond donors (Lipinski definition) is 1. The molecule has 0 aliphatic rings. The van der Waals surface area contributed by atoms with Crippen LogP contribution in [0.4, 0.5) is 5.69 Å². The highest BCUT2D eigenvalue weighted by atomic mass is 35.5. The van der Waals surface area contributed by atoms with Gasteiger partial charge in [-0.25, -0.2) is 8.42 Å². The fraction of sp³-hybridized carbons (Fsp3) is 0.0526. The Morgan fingerprint density at radius 2 is 1.82 bits per heavy atom. The first-order valence-electron chi connectivity index (χ1n) is 8.25. The first kappa shape index (κ1) is 18.8. The van der Waals surface area contributed by atoms with Gasteiger partial charge in [0.15, 0.2) is 5.16 Å². The van der Waals surface area contributed by atoms with Crippen molar-refractivity contribution < 1.29 is 8.42 Å². The molecule has 1 aromatic heterocycles. The number of nitrogens with zero attached hydrogens (tertiary/aromatic N) is 3. The Labute approximate surface area is 171 Å². The molecule has 3 aromatic carbocycles. The lowest BCUT2D eigenvalue weighted by atomic mass is 10.1. The van der Waals surface area contributed by atoms with Crippen molar-refractivity contribution in [3.05, 3.63) is 72.0 Å². The molecular formula is C19H15ClN4O2S2. The van der Waals surface area contributed by atoms with Crippen LogP contribution in [0.2, 0.25) is 5.02 Å². The number of anilines is 1. The summed E-state index contributed by atoms with van der Waals surface area (Å²) in [5, 5.41) is 10.8. The summed E-state index contributed by atoms with van der Waals surface area (Å²) in [6.07, 6.45) is 1.58. The van der Waals surface area contributed by atoms with Gasteiger partial charge in [0.2, 0.25) is 0 Å². The first-order valence-corrected chi connectivity index (χ1v) is 10.9. The molecule has 6 nitrogen and oxygen atoms in total. The van der Waals surface area contributed by atoms with Crippen molar-refractivity contribution in [3.63, 3.8) is 0 Å². The Morgan fingerprint density at radius 3 is 2.57 bits per heavy atom. The molecule has 1 N–H and O–H groups in total. The third-order valence-electron chi connectivity index (χ3n) is 4.09. The molecule has 0 aliphatic carbocycles. The van der Waals surface area contributed by atoms with Gasteiger partial charge >= 0.3 is 0 Å². The summed E-state index contributed by atoms with van der Waals surface area (Å²) in [6.45, 7) is 0. The predicted molar refractivity (Wildman–Crippen MR) is 111 cm³/mol. The summed E-state index contributed by atoms with van der Waals surface area (Å²) in [5.41, 5.74) is 0.383. The summed E-state index contributed by atoms with van der Waals surface area (Å²) in [7, 11) is -1.98. The number of fused-ring (bicyclic) bond motifs is 1. The SMILES string of the molecule is Cn1cnnc1Sc1ccc(Cl)cc1NS(=O)(=O)c1ccc2ccccc2c1. The van der Waals surface area contributed by atoms with Gasteiger partial charge in [-0.05, 0) is 52.9 Å². The van der Waals surface area contributed by atoms with Crippen molar-refractivity contribution in [3.8, 4) is 0 Å². The molecule has 0 unspecified atom stereocenters. The molecule has 142 valence electrons. The highest BCUT2D eigenvalue weighted by molar-refractivity contribution is 7.99. The van der Waals surface area contributed by atoms with E-state index in [1.165, 1.54) is 11.8 Å². The Balaban J connectivity index is 1.70. The van der Waals surface area contributed by atoms with E-state index in [1.54, 1.807) is 47.3 Å². The molecule has 9 heteroatoms. The van der Waals surface area contributed by atoms with Gasteiger partial charge in [0.25, 0.3) is 10.0 Å². The molecule has 4 rings (SSSR count). The molecule has 0 radical (unpaired) electrons. The van der Waals surface area contributed by atoms with Crippen LogP contribution in [0.5, 0.6) is 0 Å². The van der Waals surface area contributed by atoms with E-state index in [9.17, 15) is 8.42 Å². The lowest BCUT2D eigenvalue weighted by Gasteiger charge is -2.13. The van der Waals surface area contributed by atoms with E-state index >= 15 is 0 Å². The summed E-state index contributed by atoms with van der Waals surface area (Å²) in [5.74, 6) is 0. The number of halogens is 1. The van der Waals surface area contributed by atoms with E-state index in [1.807, 2.05) is 31.3 Å². The monoisotopic (exact) mass is 430 g/mol. The number of benzene rings is 3. The zero-order valence-corrected chi connectivity index (χ0v) is 17.1. The van der Waals surface area contributed by atoms with Crippen LogP contribution in [0.1, 0.15) is 0 Å². The van der Waals surface area contributed by atoms with Crippen molar-refractivity contribution in [2.24, 2.45) is 7.05 Å². The number of rotatable bonds is 5. The Hall–Kier alpha value is -2.55. The van der Waals surface area contributed by atoms with Crippen LogP contribution in [0.15, 0.2) is 81.9 Å². The zero-order valence-electron chi connectivity index (χ0n) is 14.7. The maximum Gasteiger partial charge on any atom is 0.261 e. The van der Waals surface area contributed by atoms with Crippen LogP contribution in [0.25, 0.3) is 10.8 Å². The molecule has 0 spiro atoms. The molecule has 0 saturated carbocycles. The van der Waals surface area contributed by atoms with Gasteiger partial charge < -0.3 is 4.57 Å². The van der Waals surface area contributed by atoms with Crippen molar-refractivity contribution in [1.29, 1.82) is 0 Å². The average molecular weight is 431 g/mol. The minimum Gasteiger partial charge on any atom is -0.311 e. The second-order valence-electron chi connectivity index (χ2n) is 6.08. The first-order chi connectivity index (χ1) is 13.4. The topological polar surface area (TPSA) is 76.9 Å². The van der Waals surface area contributed by atoms with Crippen LogP contribution in [0, 0.1) is 0 Å². The summed E-state index contributed by atoms with van der Waals surface area (Å²) in [4.78, 5) is 0.852. The normalized spacial score (nSPS) is 11.6. The van der Waals surface area contributed by atoms with E-state index in [0.717, 1.165) is 10.8 Å². The standard InChI is InChI=1S/C19H15ClN4O2S2/c1-24-12-21-22-19(24)27-18-9-7-15(20)11-17(18)23-28(25,26)16-8-6-13-4-2-3-5-14(13)10-16/h2-12,23H,1H3. The fourth-order valence-corrected chi connectivity index (χ4v) is 4.85. The fourth-order valence-electron chi connectivity index (χ4n) is 2.67. The van der Waals surface area contributed by atoms with E-state index in [2.05, 4.69) is 14.9 Å². The maximum atomic E-state index is 13.0. The van der Waals surface area contributed by atoms with Crippen molar-refractivity contribution in [1.82, 2.24) is 14.8 Å². The summed E-state index contributed by atoms with van der Waals surface area (Å²) in [6, 6.07) is 17.7. The second kappa shape index (κ2) is 7.46. The third-order valence-corrected chi connectivity index (χ3v) is 6.81. The number of hydrogen-bond acceptors (Lipinski definition) is 5. The Morgan fingerprint density at radius 1 is 1.04 bits per heavy atom. The van der Waals surface area contributed by atoms with Crippen LogP contribution in [-0.4, -0.2) is 23.2 Å². The number of aryl methyl sites for hydroxylation is 1. The molecule has 0 atom stereocenters. The van der Waals surface area contributed by atoms with Crippen LogP contribution in [0.3, 0.4) is 0 Å². The minimum atomic E-state index is -3.80. The molecule has 0 saturated heterocycles. The second-order valence-corrected chi connectivity index (χ2v) is 9.21. The van der Waals surface area contributed by atoms with Crippen molar-refractivity contribution in [2.75, 3.05) is 4.72 Å². The molecule has 1 heterocycles. The van der Waals surface area contributed by atoms with Gasteiger partial charge in [-0.2, -0.15) is 0 Å². The molecule has 4 aromatic rings. The minimum absolute atomic E-state index is 0.181. The van der Waals surface area contributed by atoms with E-state index < -0.39 is 10.0 Å².